The summed E-state index contributed by atoms with van der Waals surface area (Å²) in [5.74, 6) is 0. The zero-order valence-electron chi connectivity index (χ0n) is 7.29. The fourth-order valence-corrected chi connectivity index (χ4v) is 2.57. The Labute approximate surface area is 86.2 Å². The average Bonchev–Trinajstić information content (AvgIpc) is 2.85. The molecule has 2 heteroatoms. The van der Waals surface area contributed by atoms with Gasteiger partial charge in [-0.05, 0) is 42.5 Å². The predicted molar refractivity (Wildman–Crippen MR) is 54.7 cm³/mol. The van der Waals surface area contributed by atoms with Gasteiger partial charge in [-0.15, -0.1) is 0 Å². The van der Waals surface area contributed by atoms with Crippen molar-refractivity contribution in [1.29, 1.82) is 0 Å². The number of ether oxygens (including phenoxy) is 1. The van der Waals surface area contributed by atoms with Crippen LogP contribution in [0.3, 0.4) is 0 Å². The Morgan fingerprint density at radius 1 is 1.38 bits per heavy atom. The molecule has 1 saturated heterocycles. The van der Waals surface area contributed by atoms with Crippen LogP contribution in [0.2, 0.25) is 0 Å². The smallest absolute Gasteiger partial charge is 0.109 e. The number of aryl methyl sites for hydroxylation is 1. The minimum absolute atomic E-state index is 0.412. The van der Waals surface area contributed by atoms with Crippen LogP contribution in [0.15, 0.2) is 22.7 Å². The maximum absolute atomic E-state index is 5.62. The standard InChI is InChI=1S/C11H11BrO/c12-8-5-4-7-2-1-3-10-11(13-10)9(7)6-8/h4-6,10-11H,1-3H2/t10-,11+/m1/s1. The lowest BCUT2D eigenvalue weighted by Gasteiger charge is -2.05. The van der Waals surface area contributed by atoms with E-state index in [0.717, 1.165) is 0 Å². The molecular formula is C11H11BrO. The second-order valence-electron chi connectivity index (χ2n) is 3.83. The molecule has 13 heavy (non-hydrogen) atoms. The topological polar surface area (TPSA) is 12.5 Å². The van der Waals surface area contributed by atoms with Crippen LogP contribution in [0.25, 0.3) is 0 Å². The Bertz CT molecular complexity index is 348. The van der Waals surface area contributed by atoms with Crippen molar-refractivity contribution >= 4 is 15.9 Å². The number of benzene rings is 1. The number of rotatable bonds is 0. The van der Waals surface area contributed by atoms with Gasteiger partial charge in [0.15, 0.2) is 0 Å². The summed E-state index contributed by atoms with van der Waals surface area (Å²) in [6.07, 6.45) is 4.66. The largest absolute Gasteiger partial charge is 0.364 e. The number of hydrogen-bond donors (Lipinski definition) is 0. The molecule has 1 heterocycles. The summed E-state index contributed by atoms with van der Waals surface area (Å²) >= 11 is 3.51. The molecule has 0 aromatic heterocycles. The molecule has 0 amide bonds. The van der Waals surface area contributed by atoms with Crippen LogP contribution in [0.5, 0.6) is 0 Å². The van der Waals surface area contributed by atoms with E-state index in [1.165, 1.54) is 34.9 Å². The van der Waals surface area contributed by atoms with Crippen LogP contribution in [0.1, 0.15) is 30.1 Å². The number of hydrogen-bond acceptors (Lipinski definition) is 1. The van der Waals surface area contributed by atoms with Gasteiger partial charge in [0.2, 0.25) is 0 Å². The Morgan fingerprint density at radius 2 is 2.31 bits per heavy atom. The summed E-state index contributed by atoms with van der Waals surface area (Å²) in [6.45, 7) is 0. The molecule has 0 radical (unpaired) electrons. The molecule has 0 saturated carbocycles. The zero-order chi connectivity index (χ0) is 8.84. The lowest BCUT2D eigenvalue weighted by atomic mass is 10.0. The van der Waals surface area contributed by atoms with E-state index >= 15 is 0 Å². The van der Waals surface area contributed by atoms with Crippen LogP contribution < -0.4 is 0 Å². The summed E-state index contributed by atoms with van der Waals surface area (Å²) in [5, 5.41) is 0. The average molecular weight is 239 g/mol. The third kappa shape index (κ3) is 1.32. The molecule has 0 unspecified atom stereocenters. The quantitative estimate of drug-likeness (QED) is 0.633. The second-order valence-corrected chi connectivity index (χ2v) is 4.75. The normalized spacial score (nSPS) is 30.2. The third-order valence-electron chi connectivity index (χ3n) is 2.93. The number of epoxide rings is 1. The molecule has 0 bridgehead atoms. The van der Waals surface area contributed by atoms with E-state index < -0.39 is 0 Å². The highest BCUT2D eigenvalue weighted by Gasteiger charge is 2.42. The van der Waals surface area contributed by atoms with E-state index in [1.807, 2.05) is 0 Å². The molecule has 1 aliphatic heterocycles. The Kier molecular flexibility index (Phi) is 1.74. The maximum atomic E-state index is 5.62. The Balaban J connectivity index is 2.09. The van der Waals surface area contributed by atoms with E-state index in [-0.39, 0.29) is 0 Å². The van der Waals surface area contributed by atoms with Gasteiger partial charge in [-0.25, -0.2) is 0 Å². The molecule has 1 fully saturated rings. The summed E-state index contributed by atoms with van der Waals surface area (Å²) in [4.78, 5) is 0. The van der Waals surface area contributed by atoms with Gasteiger partial charge in [-0.1, -0.05) is 22.0 Å². The van der Waals surface area contributed by atoms with E-state index in [2.05, 4.69) is 34.1 Å². The van der Waals surface area contributed by atoms with Crippen LogP contribution >= 0.6 is 15.9 Å². The molecule has 1 aromatic rings. The minimum Gasteiger partial charge on any atom is -0.364 e. The highest BCUT2D eigenvalue weighted by atomic mass is 79.9. The van der Waals surface area contributed by atoms with E-state index in [4.69, 9.17) is 4.74 Å². The second kappa shape index (κ2) is 2.82. The molecule has 2 atom stereocenters. The fraction of sp³-hybridized carbons (Fsp3) is 0.455. The van der Waals surface area contributed by atoms with Crippen molar-refractivity contribution in [3.8, 4) is 0 Å². The Morgan fingerprint density at radius 3 is 3.23 bits per heavy atom. The number of halogens is 1. The van der Waals surface area contributed by atoms with Crippen LogP contribution in [0, 0.1) is 0 Å². The van der Waals surface area contributed by atoms with Gasteiger partial charge in [0.25, 0.3) is 0 Å². The van der Waals surface area contributed by atoms with E-state index in [0.29, 0.717) is 12.2 Å². The maximum Gasteiger partial charge on any atom is 0.109 e. The predicted octanol–water partition coefficient (Wildman–Crippen LogP) is 3.23. The molecule has 1 aliphatic carbocycles. The molecular weight excluding hydrogens is 228 g/mol. The highest BCUT2D eigenvalue weighted by molar-refractivity contribution is 9.10. The highest BCUT2D eigenvalue weighted by Crippen LogP contribution is 2.46. The first kappa shape index (κ1) is 8.01. The molecule has 1 aromatic carbocycles. The van der Waals surface area contributed by atoms with Gasteiger partial charge in [-0.2, -0.15) is 0 Å². The van der Waals surface area contributed by atoms with Gasteiger partial charge in [0.1, 0.15) is 6.10 Å². The van der Waals surface area contributed by atoms with Crippen LogP contribution in [-0.4, -0.2) is 6.10 Å². The van der Waals surface area contributed by atoms with Crippen LogP contribution in [0.4, 0.5) is 0 Å². The van der Waals surface area contributed by atoms with Gasteiger partial charge >= 0.3 is 0 Å². The minimum atomic E-state index is 0.412. The van der Waals surface area contributed by atoms with Crippen molar-refractivity contribution in [2.24, 2.45) is 0 Å². The van der Waals surface area contributed by atoms with Crippen molar-refractivity contribution in [2.45, 2.75) is 31.5 Å². The van der Waals surface area contributed by atoms with E-state index in [9.17, 15) is 0 Å². The number of fused-ring (bicyclic) bond motifs is 3. The monoisotopic (exact) mass is 238 g/mol. The van der Waals surface area contributed by atoms with Gasteiger partial charge in [-0.3, -0.25) is 0 Å². The zero-order valence-corrected chi connectivity index (χ0v) is 8.88. The fourth-order valence-electron chi connectivity index (χ4n) is 2.19. The molecule has 1 nitrogen and oxygen atoms in total. The Hall–Kier alpha value is -0.340. The summed E-state index contributed by atoms with van der Waals surface area (Å²) in [6, 6.07) is 6.57. The first-order chi connectivity index (χ1) is 6.34. The van der Waals surface area contributed by atoms with Gasteiger partial charge < -0.3 is 4.74 Å². The van der Waals surface area contributed by atoms with Crippen molar-refractivity contribution in [2.75, 3.05) is 0 Å². The summed E-state index contributed by atoms with van der Waals surface area (Å²) < 4.78 is 6.79. The summed E-state index contributed by atoms with van der Waals surface area (Å²) in [5.41, 5.74) is 2.89. The molecule has 68 valence electrons. The lowest BCUT2D eigenvalue weighted by molar-refractivity contribution is 0.357. The first-order valence-corrected chi connectivity index (χ1v) is 5.58. The first-order valence-electron chi connectivity index (χ1n) is 4.78. The molecule has 0 N–H and O–H groups in total. The summed E-state index contributed by atoms with van der Waals surface area (Å²) in [7, 11) is 0. The third-order valence-corrected chi connectivity index (χ3v) is 3.42. The van der Waals surface area contributed by atoms with Crippen molar-refractivity contribution < 1.29 is 4.74 Å². The van der Waals surface area contributed by atoms with Crippen molar-refractivity contribution in [3.05, 3.63) is 33.8 Å². The van der Waals surface area contributed by atoms with Crippen LogP contribution in [-0.2, 0) is 11.2 Å². The lowest BCUT2D eigenvalue weighted by Crippen LogP contribution is -1.90. The van der Waals surface area contributed by atoms with Crippen molar-refractivity contribution in [1.82, 2.24) is 0 Å². The van der Waals surface area contributed by atoms with Crippen molar-refractivity contribution in [3.63, 3.8) is 0 Å². The van der Waals surface area contributed by atoms with E-state index in [1.54, 1.807) is 0 Å². The van der Waals surface area contributed by atoms with Gasteiger partial charge in [0.05, 0.1) is 6.10 Å². The van der Waals surface area contributed by atoms with Gasteiger partial charge in [0, 0.05) is 4.47 Å². The molecule has 0 spiro atoms. The molecule has 2 aliphatic rings. The molecule has 3 rings (SSSR count). The SMILES string of the molecule is Brc1ccc2c(c1)[C@@H]1O[C@@H]1CCC2.